The molecule has 36 heavy (non-hydrogen) atoms. The summed E-state index contributed by atoms with van der Waals surface area (Å²) in [5.74, 6) is 0.176. The molecule has 0 saturated heterocycles. The van der Waals surface area contributed by atoms with E-state index in [-0.39, 0.29) is 17.7 Å². The van der Waals surface area contributed by atoms with E-state index >= 15 is 0 Å². The fraction of sp³-hybridized carbons (Fsp3) is 0.136. The molecule has 2 amide bonds. The number of nitrogens with one attached hydrogen (secondary N) is 3. The summed E-state index contributed by atoms with van der Waals surface area (Å²) < 4.78 is 67.7. The lowest BCUT2D eigenvalue weighted by atomic mass is 10.1. The van der Waals surface area contributed by atoms with Crippen LogP contribution in [0.3, 0.4) is 0 Å². The van der Waals surface area contributed by atoms with Gasteiger partial charge < -0.3 is 19.8 Å². The Hall–Kier alpha value is -3.82. The second kappa shape index (κ2) is 8.39. The van der Waals surface area contributed by atoms with E-state index in [0.29, 0.717) is 34.9 Å². The van der Waals surface area contributed by atoms with Crippen molar-refractivity contribution in [3.05, 3.63) is 66.0 Å². The number of halogens is 5. The predicted octanol–water partition coefficient (Wildman–Crippen LogP) is 5.04. The molecule has 2 aliphatic rings. The number of carbonyl (C=O) groups excluding carboxylic acids is 1. The molecular weight excluding hydrogens is 599 g/mol. The van der Waals surface area contributed by atoms with Crippen molar-refractivity contribution in [2.75, 3.05) is 5.32 Å². The number of anilines is 1. The van der Waals surface area contributed by atoms with Gasteiger partial charge in [0.15, 0.2) is 5.65 Å². The highest BCUT2D eigenvalue weighted by atomic mass is 127. The molecule has 2 atom stereocenters. The first kappa shape index (κ1) is 22.6. The van der Waals surface area contributed by atoms with Gasteiger partial charge in [0.25, 0.3) is 0 Å². The molecule has 0 spiro atoms. The fourth-order valence-corrected chi connectivity index (χ4v) is 6.14. The molecule has 1 saturated carbocycles. The SMILES string of the molecule is O=C(NI=C1[C@H]2Oc3ccc(Oc4ncnc5nc[nH]c45)cc3[C@@H]12)Nc1ccc(F)c(C(F)(F)F)c1. The molecule has 1 aliphatic carbocycles. The zero-order valence-electron chi connectivity index (χ0n) is 17.7. The first-order chi connectivity index (χ1) is 17.3. The van der Waals surface area contributed by atoms with Crippen molar-refractivity contribution in [1.82, 2.24) is 23.5 Å². The van der Waals surface area contributed by atoms with Gasteiger partial charge in [-0.05, 0) is 36.4 Å². The summed E-state index contributed by atoms with van der Waals surface area (Å²) in [4.78, 5) is 27.4. The number of benzene rings is 2. The number of carbonyl (C=O) groups is 1. The topological polar surface area (TPSA) is 114 Å². The van der Waals surface area contributed by atoms with Crippen LogP contribution in [0, 0.1) is 5.82 Å². The minimum absolute atomic E-state index is 0.00289. The maximum absolute atomic E-state index is 13.4. The van der Waals surface area contributed by atoms with Crippen molar-refractivity contribution in [1.29, 1.82) is 0 Å². The molecule has 0 radical (unpaired) electrons. The maximum atomic E-state index is 13.4. The minimum atomic E-state index is -4.86. The summed E-state index contributed by atoms with van der Waals surface area (Å²) in [5, 5.41) is 2.31. The summed E-state index contributed by atoms with van der Waals surface area (Å²) in [5.41, 5.74) is 0.352. The van der Waals surface area contributed by atoms with Crippen molar-refractivity contribution in [2.45, 2.75) is 18.2 Å². The lowest BCUT2D eigenvalue weighted by Crippen LogP contribution is -2.21. The molecule has 3 heterocycles. The normalized spacial score (nSPS) is 19.2. The zero-order valence-corrected chi connectivity index (χ0v) is 19.9. The lowest BCUT2D eigenvalue weighted by Gasteiger charge is -2.11. The molecule has 4 aromatic rings. The van der Waals surface area contributed by atoms with Gasteiger partial charge in [0.2, 0.25) is 5.88 Å². The van der Waals surface area contributed by atoms with Crippen LogP contribution in [-0.2, 0) is 6.18 Å². The van der Waals surface area contributed by atoms with E-state index in [2.05, 4.69) is 28.8 Å². The first-order valence-corrected chi connectivity index (χ1v) is 12.5. The number of aromatic nitrogens is 4. The van der Waals surface area contributed by atoms with Crippen molar-refractivity contribution < 1.29 is 31.8 Å². The largest absolute Gasteiger partial charge is 0.484 e. The third-order valence-electron chi connectivity index (χ3n) is 5.51. The van der Waals surface area contributed by atoms with Crippen molar-refractivity contribution in [3.63, 3.8) is 0 Å². The zero-order chi connectivity index (χ0) is 25.0. The standard InChI is InChI=1S/C22H13F4IN6O3/c23-13-3-1-9(5-12(13)22(24,25)26)32-21(34)33-27-16-15-11-6-10(2-4-14(11)36-18(15)16)35-20-17-19(29-7-28-17)30-8-31-20/h1-8,15,18H,(H2,32,33,34)(H,28,29,30,31)/t15-,18-/m0/s1. The highest BCUT2D eigenvalue weighted by molar-refractivity contribution is 14.2. The van der Waals surface area contributed by atoms with Crippen molar-refractivity contribution >= 4 is 47.4 Å². The van der Waals surface area contributed by atoms with Gasteiger partial charge in [-0.2, -0.15) is 18.2 Å². The molecule has 2 aromatic carbocycles. The highest BCUT2D eigenvalue weighted by Crippen LogP contribution is 2.54. The Bertz CT molecular complexity index is 1560. The molecule has 184 valence electrons. The van der Waals surface area contributed by atoms with Crippen LogP contribution in [0.5, 0.6) is 17.4 Å². The molecule has 0 unspecified atom stereocenters. The molecule has 3 N–H and O–H groups in total. The number of rotatable bonds is 4. The Morgan fingerprint density at radius 3 is 2.83 bits per heavy atom. The van der Waals surface area contributed by atoms with Gasteiger partial charge in [-0.25, -0.2) is 19.2 Å². The van der Waals surface area contributed by atoms with E-state index in [1.54, 1.807) is 12.1 Å². The van der Waals surface area contributed by atoms with Crippen molar-refractivity contribution in [3.8, 4) is 17.4 Å². The Morgan fingerprint density at radius 2 is 2.00 bits per heavy atom. The molecule has 6 rings (SSSR count). The van der Waals surface area contributed by atoms with Crippen LogP contribution in [0.1, 0.15) is 17.0 Å². The third kappa shape index (κ3) is 4.10. The molecule has 1 fully saturated rings. The quantitative estimate of drug-likeness (QED) is 0.169. The lowest BCUT2D eigenvalue weighted by molar-refractivity contribution is -0.139. The van der Waals surface area contributed by atoms with Crippen LogP contribution in [0.25, 0.3) is 11.2 Å². The Labute approximate surface area is 209 Å². The molecule has 9 nitrogen and oxygen atoms in total. The number of aromatic amines is 1. The number of imidazole rings is 1. The number of fused-ring (bicyclic) bond motifs is 4. The summed E-state index contributed by atoms with van der Waals surface area (Å²) in [6, 6.07) is 7.01. The van der Waals surface area contributed by atoms with Gasteiger partial charge in [-0.3, -0.25) is 3.53 Å². The Balaban J connectivity index is 1.13. The molecule has 0 bridgehead atoms. The van der Waals surface area contributed by atoms with Crippen LogP contribution < -0.4 is 18.3 Å². The molecule has 14 heteroatoms. The number of urea groups is 1. The predicted molar refractivity (Wildman–Crippen MR) is 128 cm³/mol. The van der Waals surface area contributed by atoms with E-state index in [4.69, 9.17) is 9.47 Å². The number of H-pyrrole nitrogens is 1. The third-order valence-corrected chi connectivity index (χ3v) is 8.17. The van der Waals surface area contributed by atoms with E-state index in [0.717, 1.165) is 20.9 Å². The van der Waals surface area contributed by atoms with Crippen LogP contribution in [0.15, 0.2) is 49.1 Å². The Morgan fingerprint density at radius 1 is 1.14 bits per heavy atom. The number of ether oxygens (including phenoxy) is 2. The molecular formula is C22H13F4IN6O3. The molecule has 2 aromatic heterocycles. The number of hydrogen-bond acceptors (Lipinski definition) is 6. The average molecular weight is 612 g/mol. The van der Waals surface area contributed by atoms with Gasteiger partial charge in [0.1, 0.15) is 35.3 Å². The molecule has 1 aliphatic heterocycles. The minimum Gasteiger partial charge on any atom is -0.484 e. The maximum Gasteiger partial charge on any atom is 0.419 e. The number of alkyl halides is 3. The van der Waals surface area contributed by atoms with E-state index in [9.17, 15) is 22.4 Å². The summed E-state index contributed by atoms with van der Waals surface area (Å²) >= 11 is -0.979. The van der Waals surface area contributed by atoms with Gasteiger partial charge in [0.05, 0.1) is 17.8 Å². The van der Waals surface area contributed by atoms with Gasteiger partial charge in [-0.15, -0.1) is 0 Å². The van der Waals surface area contributed by atoms with Crippen LogP contribution in [0.2, 0.25) is 0 Å². The van der Waals surface area contributed by atoms with Crippen LogP contribution >= 0.6 is 21.0 Å². The van der Waals surface area contributed by atoms with E-state index < -0.39 is 44.6 Å². The van der Waals surface area contributed by atoms with E-state index in [1.807, 2.05) is 6.07 Å². The van der Waals surface area contributed by atoms with Gasteiger partial charge in [0, 0.05) is 35.8 Å². The second-order valence-corrected chi connectivity index (χ2v) is 10.1. The number of nitrogens with zero attached hydrogens (tertiary/aromatic N) is 3. The Kier molecular flexibility index (Phi) is 5.27. The fourth-order valence-electron chi connectivity index (χ4n) is 3.84. The smallest absolute Gasteiger partial charge is 0.419 e. The van der Waals surface area contributed by atoms with Gasteiger partial charge in [-0.1, -0.05) is 0 Å². The highest BCUT2D eigenvalue weighted by Gasteiger charge is 2.55. The second-order valence-electron chi connectivity index (χ2n) is 7.82. The summed E-state index contributed by atoms with van der Waals surface area (Å²) in [6.45, 7) is 0. The van der Waals surface area contributed by atoms with Gasteiger partial charge >= 0.3 is 12.2 Å². The first-order valence-electron chi connectivity index (χ1n) is 10.3. The van der Waals surface area contributed by atoms with Crippen molar-refractivity contribution in [2.24, 2.45) is 0 Å². The van der Waals surface area contributed by atoms with E-state index in [1.165, 1.54) is 12.7 Å². The summed E-state index contributed by atoms with van der Waals surface area (Å²) in [6.07, 6.45) is -2.17. The average Bonchev–Trinajstić information content (AvgIpc) is 3.15. The van der Waals surface area contributed by atoms with Crippen LogP contribution in [-0.4, -0.2) is 35.6 Å². The summed E-state index contributed by atoms with van der Waals surface area (Å²) in [7, 11) is 0. The number of amides is 2. The monoisotopic (exact) mass is 612 g/mol. The van der Waals surface area contributed by atoms with Crippen LogP contribution in [0.4, 0.5) is 28.0 Å². The number of hydrogen-bond donors (Lipinski definition) is 3.